The number of anilines is 1. The fourth-order valence-electron chi connectivity index (χ4n) is 1.52. The van der Waals surface area contributed by atoms with Crippen LogP contribution in [-0.4, -0.2) is 19.6 Å². The Labute approximate surface area is 87.7 Å². The second-order valence-electron chi connectivity index (χ2n) is 3.38. The number of carbonyl (C=O) groups excluding carboxylic acids is 1. The van der Waals surface area contributed by atoms with E-state index in [0.29, 0.717) is 12.2 Å². The summed E-state index contributed by atoms with van der Waals surface area (Å²) in [5.74, 6) is 0.611. The highest BCUT2D eigenvalue weighted by Crippen LogP contribution is 2.31. The van der Waals surface area contributed by atoms with Crippen LogP contribution in [0, 0.1) is 11.3 Å². The van der Waals surface area contributed by atoms with Gasteiger partial charge in [-0.25, -0.2) is 0 Å². The lowest BCUT2D eigenvalue weighted by atomic mass is 10.1. The minimum absolute atomic E-state index is 0.0597. The maximum absolute atomic E-state index is 11.3. The number of likely N-dealkylation sites (N-methyl/N-ethyl adjacent to an activating group) is 1. The first-order valence-electron chi connectivity index (χ1n) is 4.61. The van der Waals surface area contributed by atoms with Crippen molar-refractivity contribution < 1.29 is 9.53 Å². The highest BCUT2D eigenvalue weighted by molar-refractivity contribution is 5.97. The van der Waals surface area contributed by atoms with Crippen LogP contribution >= 0.6 is 0 Å². The molecule has 0 N–H and O–H groups in total. The Morgan fingerprint density at radius 2 is 2.40 bits per heavy atom. The zero-order valence-corrected chi connectivity index (χ0v) is 8.36. The van der Waals surface area contributed by atoms with Crippen LogP contribution in [-0.2, 0) is 11.2 Å². The van der Waals surface area contributed by atoms with Gasteiger partial charge in [-0.15, -0.1) is 0 Å². The van der Waals surface area contributed by atoms with Crippen molar-refractivity contribution in [1.82, 2.24) is 0 Å². The van der Waals surface area contributed by atoms with Crippen molar-refractivity contribution >= 4 is 11.6 Å². The van der Waals surface area contributed by atoms with Crippen molar-refractivity contribution in [1.29, 1.82) is 5.26 Å². The van der Waals surface area contributed by atoms with Crippen LogP contribution in [0.1, 0.15) is 5.56 Å². The molecule has 0 bridgehead atoms. The molecule has 76 valence electrons. The first-order chi connectivity index (χ1) is 7.22. The summed E-state index contributed by atoms with van der Waals surface area (Å²) in [6, 6.07) is 7.52. The molecule has 15 heavy (non-hydrogen) atoms. The van der Waals surface area contributed by atoms with E-state index >= 15 is 0 Å². The fraction of sp³-hybridized carbons (Fsp3) is 0.273. The molecule has 1 amide bonds. The van der Waals surface area contributed by atoms with Crippen LogP contribution in [0.3, 0.4) is 0 Å². The monoisotopic (exact) mass is 202 g/mol. The van der Waals surface area contributed by atoms with E-state index in [9.17, 15) is 4.79 Å². The van der Waals surface area contributed by atoms with Gasteiger partial charge in [0.2, 0.25) is 0 Å². The van der Waals surface area contributed by atoms with Gasteiger partial charge in [-0.3, -0.25) is 4.79 Å². The molecule has 0 spiro atoms. The Morgan fingerprint density at radius 3 is 3.13 bits per heavy atom. The number of hydrogen-bond donors (Lipinski definition) is 0. The zero-order valence-electron chi connectivity index (χ0n) is 8.36. The van der Waals surface area contributed by atoms with Gasteiger partial charge in [-0.05, 0) is 17.7 Å². The van der Waals surface area contributed by atoms with Crippen molar-refractivity contribution in [2.24, 2.45) is 0 Å². The fourth-order valence-corrected chi connectivity index (χ4v) is 1.52. The predicted molar refractivity (Wildman–Crippen MR) is 54.7 cm³/mol. The third kappa shape index (κ3) is 1.64. The van der Waals surface area contributed by atoms with E-state index in [1.165, 1.54) is 0 Å². The van der Waals surface area contributed by atoms with Gasteiger partial charge < -0.3 is 9.64 Å². The topological polar surface area (TPSA) is 53.3 Å². The van der Waals surface area contributed by atoms with Crippen LogP contribution in [0.4, 0.5) is 5.69 Å². The number of nitrogens with zero attached hydrogens (tertiary/aromatic N) is 2. The van der Waals surface area contributed by atoms with Crippen LogP contribution in [0.15, 0.2) is 18.2 Å². The lowest BCUT2D eigenvalue weighted by Gasteiger charge is -2.26. The summed E-state index contributed by atoms with van der Waals surface area (Å²) in [4.78, 5) is 12.9. The summed E-state index contributed by atoms with van der Waals surface area (Å²) < 4.78 is 5.29. The van der Waals surface area contributed by atoms with E-state index in [0.717, 1.165) is 11.3 Å². The second-order valence-corrected chi connectivity index (χ2v) is 3.38. The Balaban J connectivity index is 2.39. The van der Waals surface area contributed by atoms with Crippen molar-refractivity contribution in [3.8, 4) is 11.8 Å². The molecule has 2 rings (SSSR count). The molecule has 0 saturated carbocycles. The van der Waals surface area contributed by atoms with Gasteiger partial charge in [0.15, 0.2) is 6.61 Å². The van der Waals surface area contributed by atoms with E-state index in [1.54, 1.807) is 18.0 Å². The summed E-state index contributed by atoms with van der Waals surface area (Å²) in [6.45, 7) is 0.0690. The third-order valence-electron chi connectivity index (χ3n) is 2.39. The number of ether oxygens (including phenoxy) is 1. The Kier molecular flexibility index (Phi) is 2.30. The summed E-state index contributed by atoms with van der Waals surface area (Å²) in [5.41, 5.74) is 1.66. The SMILES string of the molecule is CN1C(=O)COc2cc(CC#N)ccc21. The lowest BCUT2D eigenvalue weighted by Crippen LogP contribution is -2.35. The molecule has 0 fully saturated rings. The number of hydrogen-bond acceptors (Lipinski definition) is 3. The van der Waals surface area contributed by atoms with Crippen LogP contribution < -0.4 is 9.64 Å². The second kappa shape index (κ2) is 3.62. The van der Waals surface area contributed by atoms with Crippen LogP contribution in [0.2, 0.25) is 0 Å². The molecule has 1 aromatic rings. The van der Waals surface area contributed by atoms with Gasteiger partial charge in [-0.2, -0.15) is 5.26 Å². The molecule has 0 unspecified atom stereocenters. The van der Waals surface area contributed by atoms with Crippen molar-refractivity contribution in [3.05, 3.63) is 23.8 Å². The molecule has 0 radical (unpaired) electrons. The molecule has 4 heteroatoms. The minimum atomic E-state index is -0.0597. The molecule has 1 aliphatic heterocycles. The number of nitriles is 1. The predicted octanol–water partition coefficient (Wildman–Crippen LogP) is 1.11. The smallest absolute Gasteiger partial charge is 0.264 e. The standard InChI is InChI=1S/C11H10N2O2/c1-13-9-3-2-8(4-5-12)6-10(9)15-7-11(13)14/h2-3,6H,4,7H2,1H3. The normalized spacial score (nSPS) is 14.1. The van der Waals surface area contributed by atoms with Gasteiger partial charge in [0.05, 0.1) is 18.2 Å². The summed E-state index contributed by atoms with van der Waals surface area (Å²) in [7, 11) is 1.72. The largest absolute Gasteiger partial charge is 0.482 e. The summed E-state index contributed by atoms with van der Waals surface area (Å²) in [5, 5.41) is 8.56. The molecule has 0 aliphatic carbocycles. The van der Waals surface area contributed by atoms with E-state index < -0.39 is 0 Å². The van der Waals surface area contributed by atoms with Gasteiger partial charge >= 0.3 is 0 Å². The zero-order chi connectivity index (χ0) is 10.8. The Hall–Kier alpha value is -2.02. The molecular formula is C11H10N2O2. The van der Waals surface area contributed by atoms with E-state index in [2.05, 4.69) is 6.07 Å². The molecule has 0 atom stereocenters. The van der Waals surface area contributed by atoms with Gasteiger partial charge in [0, 0.05) is 7.05 Å². The molecule has 4 nitrogen and oxygen atoms in total. The van der Waals surface area contributed by atoms with Crippen LogP contribution in [0.5, 0.6) is 5.75 Å². The maximum atomic E-state index is 11.3. The number of fused-ring (bicyclic) bond motifs is 1. The average molecular weight is 202 g/mol. The van der Waals surface area contributed by atoms with Crippen molar-refractivity contribution in [2.45, 2.75) is 6.42 Å². The lowest BCUT2D eigenvalue weighted by molar-refractivity contribution is -0.120. The molecule has 1 heterocycles. The molecule has 1 aliphatic rings. The Bertz CT molecular complexity index is 448. The number of amides is 1. The summed E-state index contributed by atoms with van der Waals surface area (Å²) >= 11 is 0. The number of rotatable bonds is 1. The van der Waals surface area contributed by atoms with Gasteiger partial charge in [-0.1, -0.05) is 6.07 Å². The highest BCUT2D eigenvalue weighted by Gasteiger charge is 2.21. The minimum Gasteiger partial charge on any atom is -0.482 e. The number of carbonyl (C=O) groups is 1. The maximum Gasteiger partial charge on any atom is 0.264 e. The molecular weight excluding hydrogens is 192 g/mol. The van der Waals surface area contributed by atoms with Gasteiger partial charge in [0.1, 0.15) is 5.75 Å². The van der Waals surface area contributed by atoms with Crippen LogP contribution in [0.25, 0.3) is 0 Å². The van der Waals surface area contributed by atoms with E-state index in [4.69, 9.17) is 10.00 Å². The average Bonchev–Trinajstić information content (AvgIpc) is 2.24. The summed E-state index contributed by atoms with van der Waals surface area (Å²) in [6.07, 6.45) is 0.355. The highest BCUT2D eigenvalue weighted by atomic mass is 16.5. The first-order valence-corrected chi connectivity index (χ1v) is 4.61. The number of benzene rings is 1. The third-order valence-corrected chi connectivity index (χ3v) is 2.39. The Morgan fingerprint density at radius 1 is 1.60 bits per heavy atom. The van der Waals surface area contributed by atoms with Crippen molar-refractivity contribution in [2.75, 3.05) is 18.6 Å². The molecule has 0 saturated heterocycles. The van der Waals surface area contributed by atoms with Gasteiger partial charge in [0.25, 0.3) is 5.91 Å². The van der Waals surface area contributed by atoms with E-state index in [1.807, 2.05) is 12.1 Å². The van der Waals surface area contributed by atoms with E-state index in [-0.39, 0.29) is 12.5 Å². The first kappa shape index (κ1) is 9.53. The molecule has 0 aromatic heterocycles. The van der Waals surface area contributed by atoms with Crippen molar-refractivity contribution in [3.63, 3.8) is 0 Å². The quantitative estimate of drug-likeness (QED) is 0.685. The molecule has 1 aromatic carbocycles.